The van der Waals surface area contributed by atoms with Crippen LogP contribution in [0.3, 0.4) is 0 Å². The van der Waals surface area contributed by atoms with Crippen LogP contribution in [0.25, 0.3) is 11.3 Å². The number of amides is 2. The van der Waals surface area contributed by atoms with Gasteiger partial charge in [0, 0.05) is 43.5 Å². The number of rotatable bonds is 6. The second-order valence-corrected chi connectivity index (χ2v) is 9.43. The van der Waals surface area contributed by atoms with Gasteiger partial charge in [-0.25, -0.2) is 9.97 Å². The number of likely N-dealkylation sites (tertiary alicyclic amines) is 1. The topological polar surface area (TPSA) is 108 Å². The van der Waals surface area contributed by atoms with Crippen molar-refractivity contribution < 1.29 is 19.4 Å². The average molecular weight is 486 g/mol. The predicted molar refractivity (Wildman–Crippen MR) is 127 cm³/mol. The largest absolute Gasteiger partial charge is 0.394 e. The molecule has 1 atom stereocenters. The van der Waals surface area contributed by atoms with Crippen LogP contribution in [0.15, 0.2) is 24.4 Å². The number of aliphatic hydroxyl groups is 1. The van der Waals surface area contributed by atoms with E-state index in [0.29, 0.717) is 48.5 Å². The number of halogens is 1. The first-order valence-electron chi connectivity index (χ1n) is 11.7. The van der Waals surface area contributed by atoms with E-state index >= 15 is 0 Å². The first kappa shape index (κ1) is 23.0. The summed E-state index contributed by atoms with van der Waals surface area (Å²) in [5, 5.41) is 13.3. The molecule has 4 heterocycles. The van der Waals surface area contributed by atoms with Crippen LogP contribution in [0.4, 0.5) is 5.95 Å². The van der Waals surface area contributed by atoms with Crippen molar-refractivity contribution in [3.8, 4) is 11.3 Å². The summed E-state index contributed by atoms with van der Waals surface area (Å²) < 4.78 is 5.40. The molecule has 0 bridgehead atoms. The molecule has 1 unspecified atom stereocenters. The van der Waals surface area contributed by atoms with Crippen LogP contribution in [0.1, 0.15) is 41.6 Å². The van der Waals surface area contributed by atoms with Crippen LogP contribution in [0.5, 0.6) is 0 Å². The van der Waals surface area contributed by atoms with Gasteiger partial charge in [0.2, 0.25) is 11.9 Å². The lowest BCUT2D eigenvalue weighted by atomic mass is 10.0. The SMILES string of the molecule is O=C1c2cc(-c3nc(NC4CCOCC4)ncc3Cl)ccc2CN1CC(=O)N1CCCC1CO. The van der Waals surface area contributed by atoms with Gasteiger partial charge in [-0.15, -0.1) is 0 Å². The van der Waals surface area contributed by atoms with E-state index in [1.165, 1.54) is 0 Å². The third-order valence-corrected chi connectivity index (χ3v) is 7.07. The van der Waals surface area contributed by atoms with Crippen molar-refractivity contribution in [1.82, 2.24) is 19.8 Å². The summed E-state index contributed by atoms with van der Waals surface area (Å²) in [6, 6.07) is 5.68. The fourth-order valence-corrected chi connectivity index (χ4v) is 5.11. The monoisotopic (exact) mass is 485 g/mol. The van der Waals surface area contributed by atoms with Crippen molar-refractivity contribution in [2.24, 2.45) is 0 Å². The van der Waals surface area contributed by atoms with Crippen molar-refractivity contribution in [3.63, 3.8) is 0 Å². The lowest BCUT2D eigenvalue weighted by Gasteiger charge is -2.25. The summed E-state index contributed by atoms with van der Waals surface area (Å²) in [5.41, 5.74) is 2.70. The van der Waals surface area contributed by atoms with E-state index in [1.54, 1.807) is 22.1 Å². The molecule has 34 heavy (non-hydrogen) atoms. The van der Waals surface area contributed by atoms with Crippen molar-refractivity contribution >= 4 is 29.4 Å². The van der Waals surface area contributed by atoms with Crippen LogP contribution in [0, 0.1) is 0 Å². The Morgan fingerprint density at radius 1 is 1.26 bits per heavy atom. The van der Waals surface area contributed by atoms with Gasteiger partial charge in [-0.2, -0.15) is 0 Å². The molecule has 3 aliphatic heterocycles. The number of aliphatic hydroxyl groups excluding tert-OH is 1. The number of ether oxygens (including phenoxy) is 1. The Morgan fingerprint density at radius 2 is 2.09 bits per heavy atom. The van der Waals surface area contributed by atoms with E-state index < -0.39 is 0 Å². The summed E-state index contributed by atoms with van der Waals surface area (Å²) in [5.74, 6) is 0.186. The van der Waals surface area contributed by atoms with E-state index in [0.717, 1.165) is 36.8 Å². The molecule has 1 aromatic heterocycles. The number of carbonyl (C=O) groups is 2. The molecule has 0 aliphatic carbocycles. The molecule has 180 valence electrons. The normalized spacial score (nSPS) is 20.6. The number of carbonyl (C=O) groups excluding carboxylic acids is 2. The van der Waals surface area contributed by atoms with Gasteiger partial charge in [0.1, 0.15) is 6.54 Å². The van der Waals surface area contributed by atoms with Crippen LogP contribution < -0.4 is 5.32 Å². The Morgan fingerprint density at radius 3 is 2.88 bits per heavy atom. The number of anilines is 1. The highest BCUT2D eigenvalue weighted by Gasteiger charge is 2.34. The minimum Gasteiger partial charge on any atom is -0.394 e. The molecule has 2 fully saturated rings. The number of nitrogens with zero attached hydrogens (tertiary/aromatic N) is 4. The molecule has 2 amide bonds. The molecule has 0 spiro atoms. The molecular weight excluding hydrogens is 458 g/mol. The van der Waals surface area contributed by atoms with Crippen LogP contribution in [0.2, 0.25) is 5.02 Å². The second kappa shape index (κ2) is 9.85. The fraction of sp³-hybridized carbons (Fsp3) is 0.500. The van der Waals surface area contributed by atoms with Gasteiger partial charge in [-0.1, -0.05) is 23.7 Å². The van der Waals surface area contributed by atoms with E-state index in [-0.39, 0.29) is 37.0 Å². The van der Waals surface area contributed by atoms with Gasteiger partial charge < -0.3 is 25.0 Å². The maximum Gasteiger partial charge on any atom is 0.254 e. The van der Waals surface area contributed by atoms with Gasteiger partial charge in [0.05, 0.1) is 29.6 Å². The molecule has 9 nitrogen and oxygen atoms in total. The summed E-state index contributed by atoms with van der Waals surface area (Å²) in [6.07, 6.45) is 5.02. The van der Waals surface area contributed by atoms with Crippen molar-refractivity contribution in [2.45, 2.75) is 44.3 Å². The van der Waals surface area contributed by atoms with Crippen molar-refractivity contribution in [2.75, 3.05) is 38.2 Å². The number of benzene rings is 1. The molecule has 1 aromatic carbocycles. The molecule has 2 aromatic rings. The highest BCUT2D eigenvalue weighted by Crippen LogP contribution is 2.32. The molecular formula is C24H28ClN5O4. The van der Waals surface area contributed by atoms with Crippen LogP contribution in [-0.2, 0) is 16.1 Å². The minimum atomic E-state index is -0.185. The standard InChI is InChI=1S/C24H28ClN5O4/c25-20-11-26-24(27-17-5-8-34-9-6-17)28-22(20)15-3-4-16-12-29(23(33)19(16)10-15)13-21(32)30-7-1-2-18(30)14-31/h3-4,10-11,17-18,31H,1-2,5-9,12-14H2,(H,26,27,28). The quantitative estimate of drug-likeness (QED) is 0.646. The third-order valence-electron chi connectivity index (χ3n) is 6.80. The van der Waals surface area contributed by atoms with E-state index in [9.17, 15) is 14.7 Å². The number of aromatic nitrogens is 2. The van der Waals surface area contributed by atoms with Crippen LogP contribution in [-0.4, -0.2) is 81.7 Å². The maximum absolute atomic E-state index is 13.1. The Hall–Kier alpha value is -2.75. The van der Waals surface area contributed by atoms with Crippen molar-refractivity contribution in [3.05, 3.63) is 40.5 Å². The Labute approximate surface area is 203 Å². The van der Waals surface area contributed by atoms with Gasteiger partial charge >= 0.3 is 0 Å². The highest BCUT2D eigenvalue weighted by atomic mass is 35.5. The zero-order chi connectivity index (χ0) is 23.7. The van der Waals surface area contributed by atoms with Gasteiger partial charge in [-0.05, 0) is 37.3 Å². The molecule has 0 radical (unpaired) electrons. The molecule has 5 rings (SSSR count). The van der Waals surface area contributed by atoms with Gasteiger partial charge in [0.25, 0.3) is 5.91 Å². The minimum absolute atomic E-state index is 0.00673. The fourth-order valence-electron chi connectivity index (χ4n) is 4.91. The molecule has 3 aliphatic rings. The van der Waals surface area contributed by atoms with Crippen molar-refractivity contribution in [1.29, 1.82) is 0 Å². The summed E-state index contributed by atoms with van der Waals surface area (Å²) in [4.78, 5) is 38.1. The molecule has 10 heteroatoms. The smallest absolute Gasteiger partial charge is 0.254 e. The molecule has 2 N–H and O–H groups in total. The Bertz CT molecular complexity index is 1090. The maximum atomic E-state index is 13.1. The predicted octanol–water partition coefficient (Wildman–Crippen LogP) is 2.33. The lowest BCUT2D eigenvalue weighted by Crippen LogP contribution is -2.44. The lowest BCUT2D eigenvalue weighted by molar-refractivity contribution is -0.133. The second-order valence-electron chi connectivity index (χ2n) is 9.02. The summed E-state index contributed by atoms with van der Waals surface area (Å²) >= 11 is 6.42. The number of nitrogens with one attached hydrogen (secondary N) is 1. The van der Waals surface area contributed by atoms with Gasteiger partial charge in [0.15, 0.2) is 0 Å². The number of hydrogen-bond donors (Lipinski definition) is 2. The number of hydrogen-bond acceptors (Lipinski definition) is 7. The average Bonchev–Trinajstić information content (AvgIpc) is 3.45. The number of fused-ring (bicyclic) bond motifs is 1. The third kappa shape index (κ3) is 4.60. The van der Waals surface area contributed by atoms with E-state index in [4.69, 9.17) is 16.3 Å². The Balaban J connectivity index is 1.32. The molecule has 0 saturated carbocycles. The van der Waals surface area contributed by atoms with Gasteiger partial charge in [-0.3, -0.25) is 9.59 Å². The first-order valence-corrected chi connectivity index (χ1v) is 12.1. The Kier molecular flexibility index (Phi) is 6.67. The first-order chi connectivity index (χ1) is 16.5. The zero-order valence-corrected chi connectivity index (χ0v) is 19.6. The summed E-state index contributed by atoms with van der Waals surface area (Å²) in [6.45, 7) is 2.39. The van der Waals surface area contributed by atoms with E-state index in [1.807, 2.05) is 12.1 Å². The summed E-state index contributed by atoms with van der Waals surface area (Å²) in [7, 11) is 0. The van der Waals surface area contributed by atoms with Crippen LogP contribution >= 0.6 is 11.6 Å². The highest BCUT2D eigenvalue weighted by molar-refractivity contribution is 6.33. The molecule has 2 saturated heterocycles. The van der Waals surface area contributed by atoms with E-state index in [2.05, 4.69) is 15.3 Å². The zero-order valence-electron chi connectivity index (χ0n) is 18.9.